The number of halogens is 4. The van der Waals surface area contributed by atoms with E-state index in [1.807, 2.05) is 0 Å². The van der Waals surface area contributed by atoms with E-state index in [2.05, 4.69) is 8.92 Å². The molecule has 0 heterocycles. The molecule has 1 aromatic rings. The first-order chi connectivity index (χ1) is 9.07. The van der Waals surface area contributed by atoms with Crippen LogP contribution in [-0.2, 0) is 15.0 Å². The summed E-state index contributed by atoms with van der Waals surface area (Å²) in [4.78, 5) is 10.8. The lowest BCUT2D eigenvalue weighted by Gasteiger charge is -2.10. The predicted molar refractivity (Wildman–Crippen MR) is 61.5 cm³/mol. The summed E-state index contributed by atoms with van der Waals surface area (Å²) >= 11 is 5.55. The van der Waals surface area contributed by atoms with E-state index in [0.29, 0.717) is 5.02 Å². The van der Waals surface area contributed by atoms with Crippen LogP contribution in [0.25, 0.3) is 0 Å². The van der Waals surface area contributed by atoms with Crippen LogP contribution in [0.4, 0.5) is 18.0 Å². The summed E-state index contributed by atoms with van der Waals surface area (Å²) in [5, 5.41) is 0.312. The van der Waals surface area contributed by atoms with Crippen LogP contribution in [0.15, 0.2) is 24.3 Å². The topological polar surface area (TPSA) is 81.7 Å². The van der Waals surface area contributed by atoms with Gasteiger partial charge in [-0.25, -0.2) is 4.79 Å². The van der Waals surface area contributed by atoms with Crippen molar-refractivity contribution in [3.63, 3.8) is 0 Å². The van der Waals surface area contributed by atoms with Crippen molar-refractivity contribution in [3.05, 3.63) is 29.3 Å². The van der Waals surface area contributed by atoms with Gasteiger partial charge >= 0.3 is 22.6 Å². The number of hydrogen-bond acceptors (Lipinski definition) is 5. The number of ether oxygens (including phenoxy) is 1. The van der Waals surface area contributed by atoms with E-state index < -0.39 is 29.2 Å². The first-order valence-electron chi connectivity index (χ1n) is 4.79. The van der Waals surface area contributed by atoms with E-state index in [9.17, 15) is 26.4 Å². The highest BCUT2D eigenvalue weighted by Gasteiger charge is 2.30. The third-order valence-electron chi connectivity index (χ3n) is 1.59. The Morgan fingerprint density at radius 1 is 1.25 bits per heavy atom. The monoisotopic (exact) mass is 333 g/mol. The second-order valence-corrected chi connectivity index (χ2v) is 5.00. The van der Waals surface area contributed by atoms with E-state index >= 15 is 0 Å². The van der Waals surface area contributed by atoms with Gasteiger partial charge in [0.2, 0.25) is 0 Å². The fourth-order valence-corrected chi connectivity index (χ4v) is 1.71. The zero-order valence-corrected chi connectivity index (χ0v) is 11.1. The number of rotatable bonds is 4. The smallest absolute Gasteiger partial charge is 0.423 e. The van der Waals surface area contributed by atoms with Crippen LogP contribution in [0.1, 0.15) is 0 Å². The molecule has 1 N–H and O–H groups in total. The van der Waals surface area contributed by atoms with Crippen molar-refractivity contribution in [2.75, 3.05) is 6.61 Å². The molecule has 6 nitrogen and oxygen atoms in total. The van der Waals surface area contributed by atoms with Gasteiger partial charge in [-0.3, -0.25) is 0 Å². The fraction of sp³-hybridized carbons (Fsp3) is 0.222. The van der Waals surface area contributed by atoms with Gasteiger partial charge < -0.3 is 8.92 Å². The highest BCUT2D eigenvalue weighted by molar-refractivity contribution is 7.85. The summed E-state index contributed by atoms with van der Waals surface area (Å²) in [6.45, 7) is -1.92. The van der Waals surface area contributed by atoms with Crippen LogP contribution in [0.2, 0.25) is 5.02 Å². The van der Waals surface area contributed by atoms with Gasteiger partial charge in [0, 0.05) is 5.02 Å². The maximum Gasteiger partial charge on any atom is 0.423 e. The summed E-state index contributed by atoms with van der Waals surface area (Å²) in [5.74, 6) is -0.189. The third-order valence-corrected chi connectivity index (χ3v) is 2.68. The zero-order valence-electron chi connectivity index (χ0n) is 9.48. The Morgan fingerprint density at radius 2 is 1.80 bits per heavy atom. The van der Waals surface area contributed by atoms with Crippen molar-refractivity contribution in [2.45, 2.75) is 6.18 Å². The first kappa shape index (κ1) is 16.4. The maximum atomic E-state index is 11.7. The molecule has 0 saturated heterocycles. The van der Waals surface area contributed by atoms with Gasteiger partial charge in [0.1, 0.15) is 5.75 Å². The molecule has 0 bridgehead atoms. The highest BCUT2D eigenvalue weighted by Crippen LogP contribution is 2.17. The van der Waals surface area contributed by atoms with E-state index in [1.54, 1.807) is 0 Å². The van der Waals surface area contributed by atoms with Crippen LogP contribution < -0.4 is 8.91 Å². The van der Waals surface area contributed by atoms with Gasteiger partial charge in [-0.15, -0.1) is 0 Å². The van der Waals surface area contributed by atoms with Crippen molar-refractivity contribution in [2.24, 2.45) is 0 Å². The first-order valence-corrected chi connectivity index (χ1v) is 6.57. The molecule has 112 valence electrons. The van der Waals surface area contributed by atoms with Crippen LogP contribution in [0.3, 0.4) is 0 Å². The van der Waals surface area contributed by atoms with E-state index in [-0.39, 0.29) is 5.75 Å². The quantitative estimate of drug-likeness (QED) is 0.914. The second kappa shape index (κ2) is 6.18. The van der Waals surface area contributed by atoms with Gasteiger partial charge in [-0.2, -0.15) is 26.3 Å². The lowest BCUT2D eigenvalue weighted by molar-refractivity contribution is -0.160. The van der Waals surface area contributed by atoms with Crippen molar-refractivity contribution in [1.82, 2.24) is 4.72 Å². The minimum atomic E-state index is -4.77. The highest BCUT2D eigenvalue weighted by atomic mass is 35.5. The standard InChI is InChI=1S/C9H7ClF3NO5S/c10-6-1-3-7(4-2-6)19-20(16,17)14-8(15)18-5-9(11,12)13/h1-4H,5H2,(H,14,15). The molecular weight excluding hydrogens is 327 g/mol. The molecule has 0 fully saturated rings. The molecule has 0 saturated carbocycles. The van der Waals surface area contributed by atoms with Gasteiger partial charge in [-0.05, 0) is 24.3 Å². The average Bonchev–Trinajstić information content (AvgIpc) is 2.28. The molecule has 0 aliphatic heterocycles. The maximum absolute atomic E-state index is 11.7. The number of carbonyl (C=O) groups excluding carboxylic acids is 1. The fourth-order valence-electron chi connectivity index (χ4n) is 0.917. The van der Waals surface area contributed by atoms with E-state index in [1.165, 1.54) is 24.3 Å². The summed E-state index contributed by atoms with van der Waals surface area (Å²) in [6.07, 6.45) is -6.57. The molecule has 11 heteroatoms. The Morgan fingerprint density at radius 3 is 2.30 bits per heavy atom. The van der Waals surface area contributed by atoms with Crippen molar-refractivity contribution in [3.8, 4) is 5.75 Å². The molecule has 1 amide bonds. The second-order valence-electron chi connectivity index (χ2n) is 3.28. The van der Waals surface area contributed by atoms with E-state index in [4.69, 9.17) is 11.6 Å². The van der Waals surface area contributed by atoms with Gasteiger partial charge in [0.05, 0.1) is 0 Å². The summed E-state index contributed by atoms with van der Waals surface area (Å²) < 4.78 is 66.9. The van der Waals surface area contributed by atoms with Crippen LogP contribution >= 0.6 is 11.6 Å². The Kier molecular flexibility index (Phi) is 5.06. The Hall–Kier alpha value is -1.68. The third kappa shape index (κ3) is 6.48. The van der Waals surface area contributed by atoms with Crippen molar-refractivity contribution in [1.29, 1.82) is 0 Å². The SMILES string of the molecule is O=C(NS(=O)(=O)Oc1ccc(Cl)cc1)OCC(F)(F)F. The molecule has 0 radical (unpaired) electrons. The number of benzene rings is 1. The molecule has 1 aromatic carbocycles. The lowest BCUT2D eigenvalue weighted by Crippen LogP contribution is -2.36. The summed E-state index contributed by atoms with van der Waals surface area (Å²) in [7, 11) is -4.65. The Bertz CT molecular complexity index is 572. The van der Waals surface area contributed by atoms with Crippen LogP contribution in [0, 0.1) is 0 Å². The van der Waals surface area contributed by atoms with Crippen molar-refractivity contribution < 1.29 is 35.3 Å². The number of amides is 1. The molecular formula is C9H7ClF3NO5S. The molecule has 0 aliphatic carbocycles. The molecule has 0 aromatic heterocycles. The number of carbonyl (C=O) groups is 1. The van der Waals surface area contributed by atoms with Crippen molar-refractivity contribution >= 4 is 28.0 Å². The minimum Gasteiger partial charge on any atom is -0.439 e. The largest absolute Gasteiger partial charge is 0.439 e. The summed E-state index contributed by atoms with van der Waals surface area (Å²) in [6, 6.07) is 4.99. The average molecular weight is 334 g/mol. The minimum absolute atomic E-state index is 0.189. The molecule has 1 rings (SSSR count). The zero-order chi connectivity index (χ0) is 15.4. The van der Waals surface area contributed by atoms with Gasteiger partial charge in [-0.1, -0.05) is 11.6 Å². The normalized spacial score (nSPS) is 11.8. The predicted octanol–water partition coefficient (Wildman–Crippen LogP) is 2.25. The molecule has 20 heavy (non-hydrogen) atoms. The van der Waals surface area contributed by atoms with Gasteiger partial charge in [0.25, 0.3) is 0 Å². The molecule has 0 aliphatic rings. The molecule has 0 atom stereocenters. The van der Waals surface area contributed by atoms with Crippen LogP contribution in [-0.4, -0.2) is 27.3 Å². The van der Waals surface area contributed by atoms with Gasteiger partial charge in [0.15, 0.2) is 6.61 Å². The lowest BCUT2D eigenvalue weighted by atomic mass is 10.3. The number of nitrogens with one attached hydrogen (secondary N) is 1. The number of hydrogen-bond donors (Lipinski definition) is 1. The Balaban J connectivity index is 2.57. The summed E-state index contributed by atoms with van der Waals surface area (Å²) in [5.41, 5.74) is 0. The molecule has 0 unspecified atom stereocenters. The van der Waals surface area contributed by atoms with E-state index in [0.717, 1.165) is 4.72 Å². The Labute approximate surface area is 116 Å². The number of alkyl halides is 3. The molecule has 0 spiro atoms. The van der Waals surface area contributed by atoms with Crippen LogP contribution in [0.5, 0.6) is 5.75 Å².